The Bertz CT molecular complexity index is 1290. The molecule has 1 saturated heterocycles. The highest BCUT2D eigenvalue weighted by Crippen LogP contribution is 2.49. The van der Waals surface area contributed by atoms with Gasteiger partial charge in [0.15, 0.2) is 23.0 Å². The van der Waals surface area contributed by atoms with Crippen molar-refractivity contribution in [1.82, 2.24) is 10.2 Å². The van der Waals surface area contributed by atoms with Gasteiger partial charge < -0.3 is 29.2 Å². The molecule has 3 aromatic rings. The van der Waals surface area contributed by atoms with Gasteiger partial charge in [0.25, 0.3) is 0 Å². The lowest BCUT2D eigenvalue weighted by molar-refractivity contribution is -0.130. The zero-order valence-corrected chi connectivity index (χ0v) is 21.2. The van der Waals surface area contributed by atoms with Crippen LogP contribution in [0.5, 0.6) is 23.0 Å². The Labute approximate surface area is 206 Å². The van der Waals surface area contributed by atoms with Crippen LogP contribution in [-0.2, 0) is 11.3 Å². The van der Waals surface area contributed by atoms with Crippen molar-refractivity contribution >= 4 is 27.5 Å². The quantitative estimate of drug-likeness (QED) is 0.364. The Balaban J connectivity index is 1.88. The zero-order chi connectivity index (χ0) is 24.7. The number of unbranched alkanes of at least 4 members (excludes halogenated alkanes) is 1. The minimum atomic E-state index is 0.0369. The van der Waals surface area contributed by atoms with Gasteiger partial charge in [-0.2, -0.15) is 0 Å². The van der Waals surface area contributed by atoms with Crippen LogP contribution in [0.2, 0.25) is 0 Å². The monoisotopic (exact) mass is 478 g/mol. The van der Waals surface area contributed by atoms with Crippen LogP contribution in [0.3, 0.4) is 0 Å². The molecule has 0 aromatic heterocycles. The van der Waals surface area contributed by atoms with Gasteiger partial charge >= 0.3 is 0 Å². The predicted molar refractivity (Wildman–Crippen MR) is 137 cm³/mol. The minimum absolute atomic E-state index is 0.0369. The summed E-state index contributed by atoms with van der Waals surface area (Å²) in [7, 11) is 6.62. The second kappa shape index (κ2) is 9.46. The summed E-state index contributed by atoms with van der Waals surface area (Å²) in [5, 5.41) is 8.11. The molecular weight excluding hydrogens is 444 g/mol. The lowest BCUT2D eigenvalue weighted by Gasteiger charge is -2.40. The molecule has 0 bridgehead atoms. The molecule has 3 aromatic carbocycles. The number of carbonyl (C=O) groups is 1. The largest absolute Gasteiger partial charge is 0.493 e. The third-order valence-electron chi connectivity index (χ3n) is 7.57. The van der Waals surface area contributed by atoms with E-state index in [0.29, 0.717) is 36.0 Å². The molecule has 1 N–H and O–H groups in total. The first-order valence-electron chi connectivity index (χ1n) is 12.3. The molecule has 7 nitrogen and oxygen atoms in total. The maximum absolute atomic E-state index is 12.9. The number of hydrogen-bond acceptors (Lipinski definition) is 6. The predicted octanol–water partition coefficient (Wildman–Crippen LogP) is 4.96. The molecule has 1 amide bonds. The van der Waals surface area contributed by atoms with E-state index in [9.17, 15) is 4.79 Å². The standard InChI is InChI=1S/C28H34N2O5/c1-6-7-10-29-28-21-8-9-26(31)30(21)15-20-18-13-24(34-4)22(32-2)11-16(18)17-12-23(33-3)25(35-5)14-19(17)27(20)28/h11-14,21,28-29H,6-10,15H2,1-5H3/t21-,28+/m0/s1. The Morgan fingerprint density at radius 3 is 1.97 bits per heavy atom. The number of hydrogen-bond donors (Lipinski definition) is 1. The van der Waals surface area contributed by atoms with E-state index < -0.39 is 0 Å². The molecule has 5 rings (SSSR count). The first-order chi connectivity index (χ1) is 17.1. The van der Waals surface area contributed by atoms with E-state index in [0.717, 1.165) is 52.9 Å². The number of fused-ring (bicyclic) bond motifs is 7. The molecule has 0 aliphatic carbocycles. The second-order valence-electron chi connectivity index (χ2n) is 9.31. The highest BCUT2D eigenvalue weighted by Gasteiger charge is 2.43. The Morgan fingerprint density at radius 2 is 1.40 bits per heavy atom. The summed E-state index contributed by atoms with van der Waals surface area (Å²) >= 11 is 0. The molecule has 0 unspecified atom stereocenters. The Hall–Kier alpha value is -3.19. The first kappa shape index (κ1) is 23.5. The van der Waals surface area contributed by atoms with Crippen molar-refractivity contribution in [3.8, 4) is 23.0 Å². The normalized spacial score (nSPS) is 19.1. The molecular formula is C28H34N2O5. The lowest BCUT2D eigenvalue weighted by Crippen LogP contribution is -2.46. The molecule has 1 fully saturated rings. The average Bonchev–Trinajstić information content (AvgIpc) is 3.27. The van der Waals surface area contributed by atoms with Crippen LogP contribution in [0.25, 0.3) is 21.5 Å². The molecule has 186 valence electrons. The van der Waals surface area contributed by atoms with E-state index >= 15 is 0 Å². The summed E-state index contributed by atoms with van der Waals surface area (Å²) in [6.45, 7) is 3.68. The van der Waals surface area contributed by atoms with Crippen molar-refractivity contribution in [2.45, 2.75) is 51.2 Å². The zero-order valence-electron chi connectivity index (χ0n) is 21.2. The van der Waals surface area contributed by atoms with Crippen LogP contribution in [-0.4, -0.2) is 51.8 Å². The Kier molecular flexibility index (Phi) is 6.36. The summed E-state index contributed by atoms with van der Waals surface area (Å²) in [4.78, 5) is 15.0. The summed E-state index contributed by atoms with van der Waals surface area (Å²) in [6.07, 6.45) is 3.65. The van der Waals surface area contributed by atoms with Gasteiger partial charge in [-0.15, -0.1) is 0 Å². The SMILES string of the molecule is CCCCN[C@H]1c2c(c3cc(OC)c(OC)cc3c3cc(OC)c(OC)cc23)CN2C(=O)CC[C@@H]12. The van der Waals surface area contributed by atoms with Gasteiger partial charge in [0.05, 0.1) is 40.5 Å². The smallest absolute Gasteiger partial charge is 0.223 e. The van der Waals surface area contributed by atoms with Crippen molar-refractivity contribution in [1.29, 1.82) is 0 Å². The van der Waals surface area contributed by atoms with Crippen molar-refractivity contribution < 1.29 is 23.7 Å². The highest BCUT2D eigenvalue weighted by molar-refractivity contribution is 6.13. The number of methoxy groups -OCH3 is 4. The van der Waals surface area contributed by atoms with E-state index in [1.54, 1.807) is 28.4 Å². The topological polar surface area (TPSA) is 69.3 Å². The van der Waals surface area contributed by atoms with Crippen LogP contribution in [0.15, 0.2) is 24.3 Å². The lowest BCUT2D eigenvalue weighted by atomic mass is 9.81. The van der Waals surface area contributed by atoms with E-state index in [-0.39, 0.29) is 18.0 Å². The van der Waals surface area contributed by atoms with Gasteiger partial charge in [-0.1, -0.05) is 13.3 Å². The van der Waals surface area contributed by atoms with E-state index in [4.69, 9.17) is 18.9 Å². The summed E-state index contributed by atoms with van der Waals surface area (Å²) in [6, 6.07) is 8.39. The number of nitrogens with zero attached hydrogens (tertiary/aromatic N) is 1. The second-order valence-corrected chi connectivity index (χ2v) is 9.31. The molecule has 0 saturated carbocycles. The van der Waals surface area contributed by atoms with Crippen LogP contribution in [0, 0.1) is 0 Å². The van der Waals surface area contributed by atoms with Gasteiger partial charge in [0, 0.05) is 13.0 Å². The molecule has 0 spiro atoms. The molecule has 2 heterocycles. The maximum atomic E-state index is 12.9. The van der Waals surface area contributed by atoms with Crippen LogP contribution < -0.4 is 24.3 Å². The van der Waals surface area contributed by atoms with Gasteiger partial charge in [0.2, 0.25) is 5.91 Å². The number of ether oxygens (including phenoxy) is 4. The fourth-order valence-electron chi connectivity index (χ4n) is 5.85. The summed E-state index contributed by atoms with van der Waals surface area (Å²) in [5.74, 6) is 2.94. The van der Waals surface area contributed by atoms with Crippen LogP contribution >= 0.6 is 0 Å². The van der Waals surface area contributed by atoms with Crippen molar-refractivity contribution in [2.75, 3.05) is 35.0 Å². The number of amides is 1. The van der Waals surface area contributed by atoms with E-state index in [1.807, 2.05) is 12.1 Å². The fourth-order valence-corrected chi connectivity index (χ4v) is 5.85. The van der Waals surface area contributed by atoms with Crippen LogP contribution in [0.1, 0.15) is 49.8 Å². The fraction of sp³-hybridized carbons (Fsp3) is 0.464. The van der Waals surface area contributed by atoms with Crippen molar-refractivity contribution in [3.63, 3.8) is 0 Å². The maximum Gasteiger partial charge on any atom is 0.223 e. The van der Waals surface area contributed by atoms with Gasteiger partial charge in [-0.3, -0.25) is 4.79 Å². The minimum Gasteiger partial charge on any atom is -0.493 e. The third kappa shape index (κ3) is 3.73. The number of carbonyl (C=O) groups excluding carboxylic acids is 1. The van der Waals surface area contributed by atoms with Crippen molar-refractivity contribution in [2.24, 2.45) is 0 Å². The number of nitrogens with one attached hydrogen (secondary N) is 1. The van der Waals surface area contributed by atoms with Gasteiger partial charge in [-0.05, 0) is 76.3 Å². The molecule has 0 radical (unpaired) electrons. The van der Waals surface area contributed by atoms with E-state index in [1.165, 1.54) is 5.56 Å². The molecule has 2 aliphatic rings. The van der Waals surface area contributed by atoms with E-state index in [2.05, 4.69) is 29.3 Å². The molecule has 35 heavy (non-hydrogen) atoms. The van der Waals surface area contributed by atoms with Gasteiger partial charge in [-0.25, -0.2) is 0 Å². The summed E-state index contributed by atoms with van der Waals surface area (Å²) < 4.78 is 22.7. The third-order valence-corrected chi connectivity index (χ3v) is 7.57. The number of benzene rings is 3. The average molecular weight is 479 g/mol. The summed E-state index contributed by atoms with van der Waals surface area (Å²) in [5.41, 5.74) is 2.40. The van der Waals surface area contributed by atoms with Crippen molar-refractivity contribution in [3.05, 3.63) is 35.4 Å². The first-order valence-corrected chi connectivity index (χ1v) is 12.3. The molecule has 2 atom stereocenters. The van der Waals surface area contributed by atoms with Crippen LogP contribution in [0.4, 0.5) is 0 Å². The number of rotatable bonds is 8. The van der Waals surface area contributed by atoms with Gasteiger partial charge in [0.1, 0.15) is 0 Å². The molecule has 7 heteroatoms. The molecule has 2 aliphatic heterocycles. The highest BCUT2D eigenvalue weighted by atomic mass is 16.5. The Morgan fingerprint density at radius 1 is 0.857 bits per heavy atom.